The molecule has 0 radical (unpaired) electrons. The fourth-order valence-corrected chi connectivity index (χ4v) is 21.6. The van der Waals surface area contributed by atoms with Gasteiger partial charge < -0.3 is 52.9 Å². The topological polar surface area (TPSA) is 248 Å². The van der Waals surface area contributed by atoms with Crippen LogP contribution in [0.1, 0.15) is 342 Å². The number of halogens is 1. The average molecular weight is 2130 g/mol. The SMILES string of the molecule is C.C.C.C.C.C.CC(C)OC(=O)CCC/C=C\CC1=C[C@H](C)CC1=O.CC(C)OC(=O)CCC/C=C\C[C@@H]1[C@@H](CC[C@@H](O)CCc2ccccc2)[C@H](O)C[C@@H]1O.CC(C)OC(=O)CCC/C=C\C[C@@H]1[C@@H](CC[C@H](CCc2ccccc2)OPP)[C@H](C)C[C@@H]1O.CC(C)OC(=O)CCC/C=C\C[C@H]1C(=O)C[C@@H](C)[C@@H]1CC[C@H](CCc1ccccc1)OPP.PPO[C@H](CCI)CCc1ccccc1. The van der Waals surface area contributed by atoms with E-state index in [0.29, 0.717) is 144 Å². The van der Waals surface area contributed by atoms with Crippen molar-refractivity contribution in [3.8, 4) is 0 Å². The summed E-state index contributed by atoms with van der Waals surface area (Å²) in [6.07, 6.45) is 46.7. The Morgan fingerprint density at radius 1 is 0.401 bits per heavy atom. The lowest BCUT2D eigenvalue weighted by molar-refractivity contribution is -0.148. The van der Waals surface area contributed by atoms with Crippen molar-refractivity contribution in [3.05, 3.63) is 204 Å². The Kier molecular flexibility index (Phi) is 84.0. The van der Waals surface area contributed by atoms with Gasteiger partial charge in [0.15, 0.2) is 5.78 Å². The average Bonchev–Trinajstić information content (AvgIpc) is 1.69. The number of aliphatic hydroxyl groups excluding tert-OH is 4. The van der Waals surface area contributed by atoms with Gasteiger partial charge in [-0.25, -0.2) is 0 Å². The molecule has 0 amide bonds. The van der Waals surface area contributed by atoms with Crippen molar-refractivity contribution in [2.45, 2.75) is 413 Å². The Hall–Kier alpha value is -4.17. The first-order chi connectivity index (χ1) is 63.0. The van der Waals surface area contributed by atoms with Crippen LogP contribution in [0.2, 0.25) is 0 Å². The summed E-state index contributed by atoms with van der Waals surface area (Å²) in [4.78, 5) is 70.3. The number of allylic oxidation sites excluding steroid dienone is 10. The lowest BCUT2D eigenvalue weighted by atomic mass is 9.83. The predicted molar refractivity (Wildman–Crippen MR) is 604 cm³/mol. The molecule has 0 saturated heterocycles. The molecular weight excluding hydrogens is 1940 g/mol. The van der Waals surface area contributed by atoms with Crippen LogP contribution in [0, 0.1) is 53.3 Å². The summed E-state index contributed by atoms with van der Waals surface area (Å²) >= 11 is 2.41. The minimum atomic E-state index is -0.513. The first-order valence-corrected chi connectivity index (χ1v) is 58.6. The summed E-state index contributed by atoms with van der Waals surface area (Å²) in [5, 5.41) is 41.9. The van der Waals surface area contributed by atoms with E-state index in [4.69, 9.17) is 32.5 Å². The van der Waals surface area contributed by atoms with Gasteiger partial charge in [0.05, 0.1) is 67.1 Å². The van der Waals surface area contributed by atoms with Gasteiger partial charge in [-0.1, -0.05) is 291 Å². The molecule has 24 heteroatoms. The third-order valence-corrected chi connectivity index (χ3v) is 27.9. The van der Waals surface area contributed by atoms with Gasteiger partial charge in [-0.2, -0.15) is 0 Å². The number of unbranched alkanes of at least 4 members (excludes halogenated alkanes) is 4. The van der Waals surface area contributed by atoms with Crippen LogP contribution in [0.15, 0.2) is 182 Å². The second-order valence-corrected chi connectivity index (χ2v) is 41.7. The molecule has 0 heterocycles. The van der Waals surface area contributed by atoms with Crippen LogP contribution in [-0.2, 0) is 87.0 Å². The number of carbonyl (C=O) groups excluding carboxylic acids is 6. The minimum absolute atomic E-state index is 0. The molecule has 6 unspecified atom stereocenters. The van der Waals surface area contributed by atoms with Crippen LogP contribution in [0.25, 0.3) is 0 Å². The normalized spacial score (nSPS) is 20.9. The van der Waals surface area contributed by atoms with Gasteiger partial charge in [-0.3, -0.25) is 28.8 Å². The fourth-order valence-electron chi connectivity index (χ4n) is 17.9. The second-order valence-electron chi connectivity index (χ2n) is 37.1. The quantitative estimate of drug-likeness (QED) is 0.00610. The van der Waals surface area contributed by atoms with E-state index in [9.17, 15) is 49.2 Å². The molecule has 4 aliphatic rings. The van der Waals surface area contributed by atoms with Crippen molar-refractivity contribution in [2.24, 2.45) is 53.3 Å². The lowest BCUT2D eigenvalue weighted by Crippen LogP contribution is -2.23. The Labute approximate surface area is 860 Å². The van der Waals surface area contributed by atoms with E-state index in [1.807, 2.05) is 91.8 Å². The maximum Gasteiger partial charge on any atom is 0.306 e. The summed E-state index contributed by atoms with van der Waals surface area (Å²) in [7, 11) is 9.43. The first kappa shape index (κ1) is 137. The summed E-state index contributed by atoms with van der Waals surface area (Å²) < 4.78 is 39.5. The van der Waals surface area contributed by atoms with Gasteiger partial charge in [0.2, 0.25) is 0 Å². The number of hydrogen-bond donors (Lipinski definition) is 4. The van der Waals surface area contributed by atoms with Gasteiger partial charge in [-0.15, -0.1) is 0 Å². The van der Waals surface area contributed by atoms with E-state index in [2.05, 4.69) is 210 Å². The van der Waals surface area contributed by atoms with Crippen LogP contribution in [0.3, 0.4) is 0 Å². The molecule has 0 spiro atoms. The Morgan fingerprint density at radius 3 is 1.09 bits per heavy atom. The predicted octanol–water partition coefficient (Wildman–Crippen LogP) is 29.8. The van der Waals surface area contributed by atoms with E-state index < -0.39 is 18.3 Å². The van der Waals surface area contributed by atoms with Crippen LogP contribution >= 0.6 is 74.9 Å². The summed E-state index contributed by atoms with van der Waals surface area (Å²) in [6, 6.07) is 42.0. The Morgan fingerprint density at radius 2 is 0.730 bits per heavy atom. The molecular formula is C113H191IO17P6. The summed E-state index contributed by atoms with van der Waals surface area (Å²) in [5.74, 6) is 2.92. The van der Waals surface area contributed by atoms with Crippen LogP contribution < -0.4 is 0 Å². The molecule has 137 heavy (non-hydrogen) atoms. The molecule has 0 bridgehead atoms. The zero-order chi connectivity index (χ0) is 95.9. The third kappa shape index (κ3) is 63.7. The van der Waals surface area contributed by atoms with Gasteiger partial charge in [0.25, 0.3) is 0 Å². The van der Waals surface area contributed by atoms with Crippen LogP contribution in [0.4, 0.5) is 0 Å². The molecule has 8 rings (SSSR count). The minimum Gasteiger partial charge on any atom is -0.463 e. The molecule has 3 saturated carbocycles. The number of Topliss-reactive ketones (excluding diaryl/α,β-unsaturated/α-hetero) is 2. The number of aryl methyl sites for hydroxylation is 4. The van der Waals surface area contributed by atoms with Crippen LogP contribution in [0.5, 0.6) is 0 Å². The maximum atomic E-state index is 12.7. The standard InChI is InChI=1S/C27H44O4P2.C27H42O4P2.C26H40O5.C16H24O3.C11H17IOP2.6CH4/c2*1-20(2)30-27(29)14-10-5-4-9-13-25-24(21(3)19-26(25)28)18-17-23(31-33-32)16-15-22-11-7-6-8-12-22;1-19(2)31-26(30)13-9-4-3-8-12-22-23(25(29)18-24(22)28)17-16-21(27)15-14-20-10-6-5-7-11-20;1-12(2)19-16(18)9-7-5-4-6-8-14-10-13(3)11-15(14)17;12-9-8-11(13-15-14)7-6-10-4-2-1-3-5-10;;;;;;/h4,6-9,11-12,20-21,23-26,28,33H,5,10,13-19,32H2,1-3H3;4,6-9,11-12,20-21,23-25,33H,5,10,13-19,32H2,1-3H3;3,5-8,10-11,19,21-25,27-29H,4,9,12-18H2,1-2H3;4,6,10,12-13H,5,7-9,11H2,1-3H3;1-5,11,15H,6-9,14H2;6*1H4/b2*9-4-;8-3-;6-4-;;;;;;;/t21-,23+,24+,25-,26+;21-,23+,24+,25-;21-,22+,23+,24-,25+;13-;11-;;;;;;/m11000....../s1. The molecule has 4 aromatic rings. The Balaban J connectivity index is -0.00000166. The number of alkyl halides is 1. The smallest absolute Gasteiger partial charge is 0.306 e. The molecule has 782 valence electrons. The molecule has 4 N–H and O–H groups in total. The first-order valence-electron chi connectivity index (χ1n) is 48.9. The number of carbonyl (C=O) groups is 6. The number of ketones is 2. The number of aliphatic hydroxyl groups is 4. The van der Waals surface area contributed by atoms with Gasteiger partial charge in [0.1, 0.15) is 5.78 Å². The van der Waals surface area contributed by atoms with Crippen molar-refractivity contribution >= 4 is 110 Å². The van der Waals surface area contributed by atoms with Crippen molar-refractivity contribution in [1.29, 1.82) is 0 Å². The van der Waals surface area contributed by atoms with Gasteiger partial charge in [-0.05, 0) is 317 Å². The summed E-state index contributed by atoms with van der Waals surface area (Å²) in [5.41, 5.74) is 6.28. The van der Waals surface area contributed by atoms with E-state index in [0.717, 1.165) is 160 Å². The molecule has 3 fully saturated rings. The lowest BCUT2D eigenvalue weighted by Gasteiger charge is -2.25. The highest BCUT2D eigenvalue weighted by Gasteiger charge is 2.42. The molecule has 4 aliphatic carbocycles. The molecule has 0 aromatic heterocycles. The maximum absolute atomic E-state index is 12.7. The highest BCUT2D eigenvalue weighted by molar-refractivity contribution is 14.1. The van der Waals surface area contributed by atoms with Crippen LogP contribution in [-0.4, -0.2) is 127 Å². The zero-order valence-corrected chi connectivity index (χ0v) is 89.6. The monoisotopic (exact) mass is 2130 g/mol. The second kappa shape index (κ2) is 84.1. The van der Waals surface area contributed by atoms with E-state index >= 15 is 0 Å². The van der Waals surface area contributed by atoms with Gasteiger partial charge in [0, 0.05) is 74.4 Å². The number of hydrogen-bond acceptors (Lipinski definition) is 17. The largest absolute Gasteiger partial charge is 0.463 e. The highest BCUT2D eigenvalue weighted by Crippen LogP contribution is 2.45. The third-order valence-electron chi connectivity index (χ3n) is 24.6. The van der Waals surface area contributed by atoms with Crippen molar-refractivity contribution in [2.75, 3.05) is 4.43 Å². The summed E-state index contributed by atoms with van der Waals surface area (Å²) in [6.45, 7) is 21.5. The number of esters is 4. The highest BCUT2D eigenvalue weighted by atomic mass is 127. The molecule has 4 aromatic carbocycles. The number of benzene rings is 4. The molecule has 0 aliphatic heterocycles. The van der Waals surface area contributed by atoms with Crippen molar-refractivity contribution in [3.63, 3.8) is 0 Å². The van der Waals surface area contributed by atoms with E-state index in [-0.39, 0.29) is 135 Å². The molecule has 22 atom stereocenters. The van der Waals surface area contributed by atoms with E-state index in [1.165, 1.54) is 26.7 Å². The van der Waals surface area contributed by atoms with Crippen molar-refractivity contribution in [1.82, 2.24) is 0 Å². The molecule has 17 nitrogen and oxygen atoms in total. The van der Waals surface area contributed by atoms with Crippen molar-refractivity contribution < 1.29 is 81.7 Å². The zero-order valence-electron chi connectivity index (χ0n) is 81.0. The fraction of sp³-hybridized carbons (Fsp3) is 0.646. The van der Waals surface area contributed by atoms with E-state index in [1.54, 1.807) is 0 Å². The number of ether oxygens (including phenoxy) is 4. The Bertz CT molecular complexity index is 3830. The van der Waals surface area contributed by atoms with Gasteiger partial charge >= 0.3 is 23.9 Å². The number of rotatable bonds is 57.